The fourth-order valence-corrected chi connectivity index (χ4v) is 4.46. The third kappa shape index (κ3) is 4.11. The summed E-state index contributed by atoms with van der Waals surface area (Å²) in [4.78, 5) is 25.2. The number of nitriles is 1. The van der Waals surface area contributed by atoms with Gasteiger partial charge in [0, 0.05) is 25.7 Å². The molecule has 1 aliphatic heterocycles. The second kappa shape index (κ2) is 8.88. The van der Waals surface area contributed by atoms with Gasteiger partial charge in [0.25, 0.3) is 5.56 Å². The average Bonchev–Trinajstić information content (AvgIpc) is 3.24. The quantitative estimate of drug-likeness (QED) is 0.512. The van der Waals surface area contributed by atoms with Crippen molar-refractivity contribution in [1.82, 2.24) is 19.1 Å². The molecule has 3 heterocycles. The van der Waals surface area contributed by atoms with Crippen LogP contribution in [0.4, 0.5) is 5.95 Å². The minimum Gasteiger partial charge on any atom is -0.341 e. The number of aromatic nitrogens is 4. The molecule has 1 unspecified atom stereocenters. The van der Waals surface area contributed by atoms with Crippen LogP contribution in [0.1, 0.15) is 29.5 Å². The summed E-state index contributed by atoms with van der Waals surface area (Å²) in [5.74, 6) is 0.556. The van der Waals surface area contributed by atoms with Gasteiger partial charge in [0.15, 0.2) is 11.2 Å². The van der Waals surface area contributed by atoms with Crippen molar-refractivity contribution < 1.29 is 0 Å². The number of hydrogen-bond donors (Lipinski definition) is 1. The highest BCUT2D eigenvalue weighted by Crippen LogP contribution is 2.21. The maximum atomic E-state index is 13.9. The predicted octanol–water partition coefficient (Wildman–Crippen LogP) is 2.49. The van der Waals surface area contributed by atoms with Gasteiger partial charge in [-0.25, -0.2) is 4.98 Å². The minimum atomic E-state index is -0.171. The van der Waals surface area contributed by atoms with Crippen LogP contribution in [0.25, 0.3) is 11.2 Å². The number of nitrogens with zero attached hydrogens (tertiary/aromatic N) is 6. The molecule has 0 aliphatic carbocycles. The molecule has 1 atom stereocenters. The summed E-state index contributed by atoms with van der Waals surface area (Å²) in [6.45, 7) is 2.18. The normalized spacial score (nSPS) is 16.1. The molecule has 4 aromatic rings. The highest BCUT2D eigenvalue weighted by Gasteiger charge is 2.24. The van der Waals surface area contributed by atoms with Gasteiger partial charge < -0.3 is 15.2 Å². The van der Waals surface area contributed by atoms with Crippen LogP contribution in [0.2, 0.25) is 0 Å². The summed E-state index contributed by atoms with van der Waals surface area (Å²) < 4.78 is 3.51. The Morgan fingerprint density at radius 3 is 2.67 bits per heavy atom. The van der Waals surface area contributed by atoms with E-state index < -0.39 is 0 Å². The van der Waals surface area contributed by atoms with Crippen LogP contribution in [0.5, 0.6) is 0 Å². The maximum absolute atomic E-state index is 13.9. The predicted molar refractivity (Wildman–Crippen MR) is 127 cm³/mol. The van der Waals surface area contributed by atoms with Crippen molar-refractivity contribution in [3.63, 3.8) is 0 Å². The molecular formula is C25H25N7O. The molecule has 5 rings (SSSR count). The van der Waals surface area contributed by atoms with Crippen molar-refractivity contribution >= 4 is 17.1 Å². The Bertz CT molecular complexity index is 1380. The van der Waals surface area contributed by atoms with Crippen molar-refractivity contribution in [2.45, 2.75) is 32.0 Å². The molecule has 2 aromatic carbocycles. The van der Waals surface area contributed by atoms with E-state index in [9.17, 15) is 10.1 Å². The number of nitrogens with two attached hydrogens (primary N) is 1. The van der Waals surface area contributed by atoms with Crippen molar-refractivity contribution in [3.8, 4) is 6.07 Å². The van der Waals surface area contributed by atoms with Gasteiger partial charge in [-0.1, -0.05) is 48.5 Å². The lowest BCUT2D eigenvalue weighted by Crippen LogP contribution is -2.45. The van der Waals surface area contributed by atoms with Crippen molar-refractivity contribution in [2.24, 2.45) is 5.73 Å². The Kier molecular flexibility index (Phi) is 5.63. The molecule has 166 valence electrons. The van der Waals surface area contributed by atoms with E-state index in [4.69, 9.17) is 10.7 Å². The Morgan fingerprint density at radius 2 is 1.88 bits per heavy atom. The molecule has 1 fully saturated rings. The standard InChI is InChI=1S/C25H25N7O/c26-13-19-9-4-5-10-20(19)15-32-24(33)22-23(29-25(32)30-12-6-11-21(27)16-30)28-17-31(22)14-18-7-2-1-3-8-18/h1-5,7-10,17,21H,6,11-12,14-16,27H2. The fraction of sp³-hybridized carbons (Fsp3) is 0.280. The lowest BCUT2D eigenvalue weighted by molar-refractivity contribution is 0.491. The zero-order valence-electron chi connectivity index (χ0n) is 18.3. The van der Waals surface area contributed by atoms with Crippen LogP contribution in [0, 0.1) is 11.3 Å². The zero-order valence-corrected chi connectivity index (χ0v) is 18.3. The number of fused-ring (bicyclic) bond motifs is 1. The van der Waals surface area contributed by atoms with Gasteiger partial charge in [-0.3, -0.25) is 9.36 Å². The monoisotopic (exact) mass is 439 g/mol. The number of anilines is 1. The molecule has 0 amide bonds. The molecule has 1 aliphatic rings. The maximum Gasteiger partial charge on any atom is 0.281 e. The molecule has 0 bridgehead atoms. The smallest absolute Gasteiger partial charge is 0.281 e. The summed E-state index contributed by atoms with van der Waals surface area (Å²) in [5.41, 5.74) is 9.34. The van der Waals surface area contributed by atoms with Crippen LogP contribution < -0.4 is 16.2 Å². The Morgan fingerprint density at radius 1 is 1.09 bits per heavy atom. The van der Waals surface area contributed by atoms with Gasteiger partial charge in [0.1, 0.15) is 0 Å². The molecule has 2 N–H and O–H groups in total. The lowest BCUT2D eigenvalue weighted by Gasteiger charge is -2.33. The van der Waals surface area contributed by atoms with E-state index in [1.54, 1.807) is 17.0 Å². The van der Waals surface area contributed by atoms with Gasteiger partial charge in [-0.05, 0) is 30.0 Å². The molecule has 1 saturated heterocycles. The summed E-state index contributed by atoms with van der Waals surface area (Å²) >= 11 is 0. The van der Waals surface area contributed by atoms with Crippen LogP contribution >= 0.6 is 0 Å². The molecule has 8 nitrogen and oxygen atoms in total. The summed E-state index contributed by atoms with van der Waals surface area (Å²) in [5, 5.41) is 9.57. The SMILES string of the molecule is N#Cc1ccccc1Cn1c(N2CCCC(N)C2)nc2ncn(Cc3ccccc3)c2c1=O. The largest absolute Gasteiger partial charge is 0.341 e. The van der Waals surface area contributed by atoms with Crippen molar-refractivity contribution in [3.05, 3.63) is 88.0 Å². The Balaban J connectivity index is 1.66. The first-order chi connectivity index (χ1) is 16.1. The van der Waals surface area contributed by atoms with E-state index in [0.717, 1.165) is 30.5 Å². The molecule has 0 radical (unpaired) electrons. The first-order valence-electron chi connectivity index (χ1n) is 11.1. The first-order valence-corrected chi connectivity index (χ1v) is 11.1. The van der Waals surface area contributed by atoms with E-state index >= 15 is 0 Å². The molecule has 8 heteroatoms. The Hall–Kier alpha value is -3.96. The summed E-state index contributed by atoms with van der Waals surface area (Å²) in [6, 6.07) is 19.6. The van der Waals surface area contributed by atoms with Gasteiger partial charge in [0.2, 0.25) is 5.95 Å². The van der Waals surface area contributed by atoms with E-state index in [1.165, 1.54) is 0 Å². The molecule has 0 saturated carbocycles. The number of imidazole rings is 1. The van der Waals surface area contributed by atoms with Gasteiger partial charge in [-0.2, -0.15) is 10.2 Å². The summed E-state index contributed by atoms with van der Waals surface area (Å²) in [6.07, 6.45) is 3.56. The fourth-order valence-electron chi connectivity index (χ4n) is 4.46. The van der Waals surface area contributed by atoms with Gasteiger partial charge in [-0.15, -0.1) is 0 Å². The number of hydrogen-bond acceptors (Lipinski definition) is 6. The highest BCUT2D eigenvalue weighted by molar-refractivity contribution is 5.71. The third-order valence-electron chi connectivity index (χ3n) is 6.12. The van der Waals surface area contributed by atoms with Gasteiger partial charge >= 0.3 is 0 Å². The number of rotatable bonds is 5. The van der Waals surface area contributed by atoms with E-state index in [2.05, 4.69) is 16.0 Å². The topological polar surface area (TPSA) is 106 Å². The highest BCUT2D eigenvalue weighted by atomic mass is 16.1. The molecular weight excluding hydrogens is 414 g/mol. The Labute approximate surface area is 191 Å². The van der Waals surface area contributed by atoms with Crippen molar-refractivity contribution in [2.75, 3.05) is 18.0 Å². The van der Waals surface area contributed by atoms with E-state index in [0.29, 0.717) is 35.8 Å². The number of benzene rings is 2. The number of piperidine rings is 1. The van der Waals surface area contributed by atoms with Gasteiger partial charge in [0.05, 0.1) is 24.5 Å². The molecule has 0 spiro atoms. The first kappa shape index (κ1) is 20.9. The van der Waals surface area contributed by atoms with Crippen LogP contribution in [-0.2, 0) is 13.1 Å². The zero-order chi connectivity index (χ0) is 22.8. The van der Waals surface area contributed by atoms with Crippen LogP contribution in [0.15, 0.2) is 65.7 Å². The summed E-state index contributed by atoms with van der Waals surface area (Å²) in [7, 11) is 0. The molecule has 33 heavy (non-hydrogen) atoms. The average molecular weight is 440 g/mol. The lowest BCUT2D eigenvalue weighted by atomic mass is 10.1. The van der Waals surface area contributed by atoms with E-state index in [-0.39, 0.29) is 18.1 Å². The minimum absolute atomic E-state index is 0.0295. The van der Waals surface area contributed by atoms with Crippen molar-refractivity contribution in [1.29, 1.82) is 5.26 Å². The second-order valence-corrected chi connectivity index (χ2v) is 8.45. The molecule has 2 aromatic heterocycles. The second-order valence-electron chi connectivity index (χ2n) is 8.45. The van der Waals surface area contributed by atoms with E-state index in [1.807, 2.05) is 53.1 Å². The van der Waals surface area contributed by atoms with Crippen LogP contribution in [0.3, 0.4) is 0 Å². The van der Waals surface area contributed by atoms with Crippen LogP contribution in [-0.4, -0.2) is 38.2 Å². The third-order valence-corrected chi connectivity index (χ3v) is 6.12.